The van der Waals surface area contributed by atoms with Gasteiger partial charge in [0.15, 0.2) is 0 Å². The summed E-state index contributed by atoms with van der Waals surface area (Å²) in [5.41, 5.74) is 3.45. The first kappa shape index (κ1) is 20.4. The number of hydrogen-bond donors (Lipinski definition) is 0. The fourth-order valence-corrected chi connectivity index (χ4v) is 4.15. The van der Waals surface area contributed by atoms with Crippen molar-refractivity contribution in [3.8, 4) is 11.6 Å². The van der Waals surface area contributed by atoms with E-state index in [1.165, 1.54) is 6.20 Å². The minimum absolute atomic E-state index is 0.110. The zero-order valence-electron chi connectivity index (χ0n) is 16.8. The molecule has 5 rings (SSSR count). The third-order valence-electron chi connectivity index (χ3n) is 5.21. The molecule has 0 aliphatic rings. The molecule has 2 aromatic carbocycles. The van der Waals surface area contributed by atoms with Crippen molar-refractivity contribution in [2.45, 2.75) is 13.5 Å². The van der Waals surface area contributed by atoms with Gasteiger partial charge in [0.05, 0.1) is 5.56 Å². The molecule has 0 bridgehead atoms. The largest absolute Gasteiger partial charge is 0.412 e. The average Bonchev–Trinajstić information content (AvgIpc) is 3.40. The van der Waals surface area contributed by atoms with Crippen molar-refractivity contribution in [1.29, 1.82) is 0 Å². The van der Waals surface area contributed by atoms with Gasteiger partial charge in [-0.25, -0.2) is 0 Å². The molecule has 32 heavy (non-hydrogen) atoms. The van der Waals surface area contributed by atoms with E-state index >= 15 is 0 Å². The highest BCUT2D eigenvalue weighted by Crippen LogP contribution is 2.31. The molecule has 0 radical (unpaired) electrons. The maximum Gasteiger partial charge on any atom is 0.289 e. The number of aromatic nitrogens is 5. The Bertz CT molecular complexity index is 1460. The van der Waals surface area contributed by atoms with Crippen LogP contribution in [-0.4, -0.2) is 30.7 Å². The van der Waals surface area contributed by atoms with Gasteiger partial charge >= 0.3 is 0 Å². The van der Waals surface area contributed by atoms with Gasteiger partial charge in [0.2, 0.25) is 0 Å². The third kappa shape index (κ3) is 3.55. The summed E-state index contributed by atoms with van der Waals surface area (Å²) in [6.07, 6.45) is 1.54. The Hall–Kier alpha value is -3.55. The first-order chi connectivity index (χ1) is 15.5. The van der Waals surface area contributed by atoms with Crippen molar-refractivity contribution in [2.75, 3.05) is 0 Å². The van der Waals surface area contributed by atoms with Crippen LogP contribution in [0.15, 0.2) is 65.2 Å². The second-order valence-electron chi connectivity index (χ2n) is 7.15. The fraction of sp³-hybridized carbons (Fsp3) is 0.0870. The Morgan fingerprint density at radius 3 is 2.66 bits per heavy atom. The van der Waals surface area contributed by atoms with Gasteiger partial charge in [0, 0.05) is 39.4 Å². The second-order valence-corrected chi connectivity index (χ2v) is 7.99. The summed E-state index contributed by atoms with van der Waals surface area (Å²) in [6.45, 7) is 2.36. The smallest absolute Gasteiger partial charge is 0.289 e. The maximum absolute atomic E-state index is 13.4. The van der Waals surface area contributed by atoms with Gasteiger partial charge in [0.1, 0.15) is 5.69 Å². The summed E-state index contributed by atoms with van der Waals surface area (Å²) >= 11 is 12.4. The number of rotatable bonds is 5. The lowest BCUT2D eigenvalue weighted by Crippen LogP contribution is -2.07. The molecule has 0 N–H and O–H groups in total. The van der Waals surface area contributed by atoms with Crippen LogP contribution in [0.1, 0.15) is 27.5 Å². The lowest BCUT2D eigenvalue weighted by atomic mass is 10.1. The van der Waals surface area contributed by atoms with Crippen LogP contribution in [0, 0.1) is 6.92 Å². The van der Waals surface area contributed by atoms with Gasteiger partial charge in [-0.05, 0) is 42.8 Å². The number of ketones is 1. The van der Waals surface area contributed by atoms with Gasteiger partial charge in [-0.1, -0.05) is 47.5 Å². The molecular formula is C23H15Cl2N5O2. The predicted molar refractivity (Wildman–Crippen MR) is 121 cm³/mol. The maximum atomic E-state index is 13.4. The highest BCUT2D eigenvalue weighted by atomic mass is 35.5. The van der Waals surface area contributed by atoms with Crippen molar-refractivity contribution in [2.24, 2.45) is 0 Å². The van der Waals surface area contributed by atoms with E-state index in [9.17, 15) is 4.79 Å². The third-order valence-corrected chi connectivity index (χ3v) is 5.80. The SMILES string of the molecule is Cc1c(C(=O)c2nnc(-c3cccnn3)o2)c2ccccc2n1Cc1ccc(Cl)cc1Cl. The molecule has 7 nitrogen and oxygen atoms in total. The predicted octanol–water partition coefficient (Wildman–Crippen LogP) is 5.38. The first-order valence-corrected chi connectivity index (χ1v) is 10.5. The van der Waals surface area contributed by atoms with E-state index in [0.717, 1.165) is 22.2 Å². The molecule has 0 atom stereocenters. The van der Waals surface area contributed by atoms with E-state index in [0.29, 0.717) is 27.8 Å². The van der Waals surface area contributed by atoms with Crippen LogP contribution in [0.4, 0.5) is 0 Å². The molecule has 0 amide bonds. The van der Waals surface area contributed by atoms with Crippen LogP contribution in [0.25, 0.3) is 22.5 Å². The van der Waals surface area contributed by atoms with Gasteiger partial charge in [-0.2, -0.15) is 5.10 Å². The lowest BCUT2D eigenvalue weighted by Gasteiger charge is -2.10. The molecule has 0 saturated heterocycles. The van der Waals surface area contributed by atoms with E-state index in [1.807, 2.05) is 41.8 Å². The van der Waals surface area contributed by atoms with Gasteiger partial charge < -0.3 is 8.98 Å². The molecule has 9 heteroatoms. The Balaban J connectivity index is 1.58. The van der Waals surface area contributed by atoms with Crippen molar-refractivity contribution in [3.05, 3.63) is 93.6 Å². The number of benzene rings is 2. The zero-order valence-corrected chi connectivity index (χ0v) is 18.3. The molecule has 3 aromatic heterocycles. The number of hydrogen-bond acceptors (Lipinski definition) is 6. The topological polar surface area (TPSA) is 86.7 Å². The van der Waals surface area contributed by atoms with E-state index < -0.39 is 0 Å². The summed E-state index contributed by atoms with van der Waals surface area (Å²) in [4.78, 5) is 13.4. The number of carbonyl (C=O) groups is 1. The molecule has 3 heterocycles. The number of nitrogens with zero attached hydrogens (tertiary/aromatic N) is 5. The molecule has 0 aliphatic carbocycles. The first-order valence-electron chi connectivity index (χ1n) is 9.71. The second kappa shape index (κ2) is 8.18. The normalized spacial score (nSPS) is 11.2. The van der Waals surface area contributed by atoms with Crippen LogP contribution >= 0.6 is 23.2 Å². The molecular weight excluding hydrogens is 449 g/mol. The van der Waals surface area contributed by atoms with Gasteiger partial charge in [0.25, 0.3) is 17.6 Å². The Morgan fingerprint density at radius 2 is 1.88 bits per heavy atom. The highest BCUT2D eigenvalue weighted by Gasteiger charge is 2.26. The van der Waals surface area contributed by atoms with Crippen molar-refractivity contribution in [3.63, 3.8) is 0 Å². The summed E-state index contributed by atoms with van der Waals surface area (Å²) < 4.78 is 7.67. The summed E-state index contributed by atoms with van der Waals surface area (Å²) in [5, 5.41) is 17.6. The van der Waals surface area contributed by atoms with Crippen LogP contribution in [0.5, 0.6) is 0 Å². The van der Waals surface area contributed by atoms with E-state index in [4.69, 9.17) is 27.6 Å². The summed E-state index contributed by atoms with van der Waals surface area (Å²) in [5.74, 6) is -0.334. The van der Waals surface area contributed by atoms with E-state index in [-0.39, 0.29) is 17.6 Å². The van der Waals surface area contributed by atoms with Gasteiger partial charge in [-0.3, -0.25) is 4.79 Å². The minimum atomic E-state index is -0.359. The molecule has 0 unspecified atom stereocenters. The minimum Gasteiger partial charge on any atom is -0.412 e. The molecule has 158 valence electrons. The molecule has 5 aromatic rings. The van der Waals surface area contributed by atoms with Crippen LogP contribution in [-0.2, 0) is 6.54 Å². The van der Waals surface area contributed by atoms with Crippen molar-refractivity contribution >= 4 is 39.9 Å². The molecule has 0 saturated carbocycles. The standard InChI is InChI=1S/C23H15Cl2N5O2/c1-13-20(21(31)23-29-28-22(32-23)18-6-4-10-26-27-18)16-5-2-3-7-19(16)30(13)12-14-8-9-15(24)11-17(14)25/h2-11H,12H2,1H3. The zero-order chi connectivity index (χ0) is 22.2. The van der Waals surface area contributed by atoms with Crippen LogP contribution in [0.2, 0.25) is 10.0 Å². The fourth-order valence-electron chi connectivity index (χ4n) is 3.68. The Kier molecular flexibility index (Phi) is 5.20. The van der Waals surface area contributed by atoms with E-state index in [1.54, 1.807) is 24.3 Å². The lowest BCUT2D eigenvalue weighted by molar-refractivity contribution is 0.100. The quantitative estimate of drug-likeness (QED) is 0.325. The van der Waals surface area contributed by atoms with Crippen LogP contribution in [0.3, 0.4) is 0 Å². The Labute approximate surface area is 192 Å². The molecule has 0 spiro atoms. The van der Waals surface area contributed by atoms with E-state index in [2.05, 4.69) is 20.4 Å². The highest BCUT2D eigenvalue weighted by molar-refractivity contribution is 6.35. The number of fused-ring (bicyclic) bond motifs is 1. The van der Waals surface area contributed by atoms with Crippen molar-refractivity contribution in [1.82, 2.24) is 25.0 Å². The molecule has 0 aliphatic heterocycles. The number of para-hydroxylation sites is 1. The molecule has 0 fully saturated rings. The summed E-state index contributed by atoms with van der Waals surface area (Å²) in [7, 11) is 0. The van der Waals surface area contributed by atoms with Crippen molar-refractivity contribution < 1.29 is 9.21 Å². The number of carbonyl (C=O) groups excluding carboxylic acids is 1. The van der Waals surface area contributed by atoms with Crippen LogP contribution < -0.4 is 0 Å². The number of halogens is 2. The summed E-state index contributed by atoms with van der Waals surface area (Å²) in [6, 6.07) is 16.4. The average molecular weight is 464 g/mol. The monoisotopic (exact) mass is 463 g/mol. The van der Waals surface area contributed by atoms with Gasteiger partial charge in [-0.15, -0.1) is 15.3 Å². The Morgan fingerprint density at radius 1 is 1.03 bits per heavy atom.